The molecule has 0 aliphatic rings. The van der Waals surface area contributed by atoms with Crippen molar-refractivity contribution in [3.8, 4) is 17.1 Å². The van der Waals surface area contributed by atoms with E-state index < -0.39 is 0 Å². The molecule has 8 nitrogen and oxygen atoms in total. The van der Waals surface area contributed by atoms with E-state index in [1.165, 1.54) is 0 Å². The van der Waals surface area contributed by atoms with Crippen molar-refractivity contribution in [2.45, 2.75) is 13.8 Å². The van der Waals surface area contributed by atoms with Crippen LogP contribution in [-0.2, 0) is 0 Å². The summed E-state index contributed by atoms with van der Waals surface area (Å²) in [5.41, 5.74) is 9.52. The van der Waals surface area contributed by atoms with E-state index in [4.69, 9.17) is 10.5 Å². The van der Waals surface area contributed by atoms with Gasteiger partial charge in [-0.3, -0.25) is 4.79 Å². The molecule has 0 fully saturated rings. The number of nitrogens with zero attached hydrogens (tertiary/aromatic N) is 3. The Hall–Kier alpha value is -4.07. The minimum atomic E-state index is -0.260. The van der Waals surface area contributed by atoms with Crippen LogP contribution in [0, 0.1) is 0 Å². The molecule has 0 spiro atoms. The van der Waals surface area contributed by atoms with E-state index in [2.05, 4.69) is 26.9 Å². The quantitative estimate of drug-likeness (QED) is 0.385. The average molecular weight is 433 g/mol. The topological polar surface area (TPSA) is 109 Å². The summed E-state index contributed by atoms with van der Waals surface area (Å²) < 4.78 is 5.78. The van der Waals surface area contributed by atoms with Gasteiger partial charge in [-0.05, 0) is 49.8 Å². The Morgan fingerprint density at radius 1 is 1.25 bits per heavy atom. The van der Waals surface area contributed by atoms with E-state index in [1.807, 2.05) is 56.3 Å². The number of aliphatic imine (C=N–C) groups is 1. The summed E-state index contributed by atoms with van der Waals surface area (Å²) >= 11 is 0. The summed E-state index contributed by atoms with van der Waals surface area (Å²) in [6.07, 6.45) is 0. The molecule has 8 heteroatoms. The molecular weight excluding hydrogens is 404 g/mol. The van der Waals surface area contributed by atoms with E-state index in [9.17, 15) is 4.79 Å². The second-order valence-electron chi connectivity index (χ2n) is 7.39. The first-order valence-corrected chi connectivity index (χ1v) is 10.2. The smallest absolute Gasteiger partial charge is 0.275 e. The molecule has 0 bridgehead atoms. The molecule has 32 heavy (non-hydrogen) atoms. The van der Waals surface area contributed by atoms with Crippen molar-refractivity contribution in [3.05, 3.63) is 71.2 Å². The van der Waals surface area contributed by atoms with Crippen LogP contribution < -0.4 is 26.2 Å². The Kier molecular flexibility index (Phi) is 6.94. The summed E-state index contributed by atoms with van der Waals surface area (Å²) in [6.45, 7) is 8.16. The van der Waals surface area contributed by atoms with Crippen molar-refractivity contribution in [3.63, 3.8) is 0 Å². The predicted molar refractivity (Wildman–Crippen MR) is 132 cm³/mol. The van der Waals surface area contributed by atoms with E-state index in [1.54, 1.807) is 25.1 Å². The first kappa shape index (κ1) is 22.6. The van der Waals surface area contributed by atoms with Gasteiger partial charge in [-0.1, -0.05) is 24.8 Å². The maximum Gasteiger partial charge on any atom is 0.275 e. The van der Waals surface area contributed by atoms with Gasteiger partial charge in [0.25, 0.3) is 5.56 Å². The number of nitrogens with one attached hydrogen (secondary N) is 2. The zero-order chi connectivity index (χ0) is 23.3. The Morgan fingerprint density at radius 3 is 2.59 bits per heavy atom. The normalized spacial score (nSPS) is 11.2. The number of para-hydroxylation sites is 1. The van der Waals surface area contributed by atoms with E-state index in [0.29, 0.717) is 46.4 Å². The number of hydrogen-bond acceptors (Lipinski definition) is 5. The van der Waals surface area contributed by atoms with Gasteiger partial charge in [0.2, 0.25) is 0 Å². The molecule has 0 aliphatic heterocycles. The Labute approximate surface area is 187 Å². The average Bonchev–Trinajstić information content (AvgIpc) is 2.74. The van der Waals surface area contributed by atoms with Gasteiger partial charge in [-0.25, -0.2) is 9.98 Å². The van der Waals surface area contributed by atoms with Crippen LogP contribution in [0.15, 0.2) is 64.9 Å². The highest BCUT2D eigenvalue weighted by atomic mass is 16.5. The number of nitrogens with two attached hydrogens (primary N) is 1. The number of rotatable bonds is 7. The third-order valence-electron chi connectivity index (χ3n) is 4.56. The van der Waals surface area contributed by atoms with Crippen LogP contribution in [0.25, 0.3) is 17.0 Å². The van der Waals surface area contributed by atoms with Gasteiger partial charge in [0.05, 0.1) is 23.6 Å². The zero-order valence-electron chi connectivity index (χ0n) is 18.8. The molecule has 2 aromatic carbocycles. The molecule has 3 aromatic rings. The highest BCUT2D eigenvalue weighted by Crippen LogP contribution is 2.32. The van der Waals surface area contributed by atoms with Crippen LogP contribution in [0.5, 0.6) is 5.75 Å². The van der Waals surface area contributed by atoms with Gasteiger partial charge in [-0.2, -0.15) is 0 Å². The van der Waals surface area contributed by atoms with Crippen LogP contribution >= 0.6 is 0 Å². The summed E-state index contributed by atoms with van der Waals surface area (Å²) in [4.78, 5) is 26.5. The Morgan fingerprint density at radius 2 is 1.97 bits per heavy atom. The number of aromatic nitrogens is 2. The molecule has 0 radical (unpaired) electrons. The first-order valence-electron chi connectivity index (χ1n) is 10.2. The van der Waals surface area contributed by atoms with Crippen molar-refractivity contribution in [1.82, 2.24) is 9.97 Å². The van der Waals surface area contributed by atoms with Gasteiger partial charge in [0, 0.05) is 19.8 Å². The fourth-order valence-corrected chi connectivity index (χ4v) is 3.20. The lowest BCUT2D eigenvalue weighted by molar-refractivity contribution is 0.341. The van der Waals surface area contributed by atoms with Crippen LogP contribution in [-0.4, -0.2) is 36.6 Å². The second kappa shape index (κ2) is 9.82. The maximum absolute atomic E-state index is 12.8. The van der Waals surface area contributed by atoms with Gasteiger partial charge in [-0.15, -0.1) is 0 Å². The van der Waals surface area contributed by atoms with Crippen molar-refractivity contribution in [2.24, 2.45) is 10.7 Å². The summed E-state index contributed by atoms with van der Waals surface area (Å²) in [5, 5.41) is 3.08. The maximum atomic E-state index is 12.8. The predicted octanol–water partition coefficient (Wildman–Crippen LogP) is 3.99. The summed E-state index contributed by atoms with van der Waals surface area (Å²) in [5.74, 6) is 1.20. The SMILES string of the molecule is C=C(C)c1nc(-c2cc(NC(N)=Nc3ccccc3)ccc2OCC)[nH]c(=O)c1N(C)C. The molecule has 0 amide bonds. The molecule has 0 saturated heterocycles. The summed E-state index contributed by atoms with van der Waals surface area (Å²) in [7, 11) is 3.59. The lowest BCUT2D eigenvalue weighted by Crippen LogP contribution is -2.24. The first-order chi connectivity index (χ1) is 15.3. The van der Waals surface area contributed by atoms with Crippen molar-refractivity contribution in [1.29, 1.82) is 0 Å². The van der Waals surface area contributed by atoms with Crippen LogP contribution in [0.2, 0.25) is 0 Å². The van der Waals surface area contributed by atoms with Crippen molar-refractivity contribution in [2.75, 3.05) is 30.9 Å². The number of ether oxygens (including phenoxy) is 1. The fraction of sp³-hybridized carbons (Fsp3) is 0.208. The molecular formula is C24H28N6O2. The molecule has 3 rings (SSSR count). The standard InChI is InChI=1S/C24H28N6O2/c1-6-32-19-13-12-17(27-24(25)26-16-10-8-7-9-11-16)14-18(19)22-28-20(15(2)3)21(30(4)5)23(31)29-22/h7-14H,2,6H2,1,3-5H3,(H3,25,26,27)(H,28,29,31). The third kappa shape index (κ3) is 5.15. The second-order valence-corrected chi connectivity index (χ2v) is 7.39. The molecule has 1 heterocycles. The van der Waals surface area contributed by atoms with Gasteiger partial charge >= 0.3 is 0 Å². The van der Waals surface area contributed by atoms with E-state index >= 15 is 0 Å². The highest BCUT2D eigenvalue weighted by Gasteiger charge is 2.18. The third-order valence-corrected chi connectivity index (χ3v) is 4.56. The van der Waals surface area contributed by atoms with Crippen molar-refractivity contribution < 1.29 is 4.74 Å². The molecule has 166 valence electrons. The number of anilines is 2. The largest absolute Gasteiger partial charge is 0.493 e. The summed E-state index contributed by atoms with van der Waals surface area (Å²) in [6, 6.07) is 14.9. The van der Waals surface area contributed by atoms with Crippen molar-refractivity contribution >= 4 is 28.6 Å². The molecule has 1 aromatic heterocycles. The number of allylic oxidation sites excluding steroid dienone is 1. The van der Waals surface area contributed by atoms with Crippen LogP contribution in [0.3, 0.4) is 0 Å². The number of hydrogen-bond donors (Lipinski definition) is 3. The molecule has 0 saturated carbocycles. The number of benzene rings is 2. The highest BCUT2D eigenvalue weighted by molar-refractivity contribution is 5.94. The zero-order valence-corrected chi connectivity index (χ0v) is 18.8. The molecule has 4 N–H and O–H groups in total. The Bertz CT molecular complexity index is 1200. The van der Waals surface area contributed by atoms with Gasteiger partial charge < -0.3 is 25.7 Å². The minimum Gasteiger partial charge on any atom is -0.493 e. The monoisotopic (exact) mass is 432 g/mol. The number of aromatic amines is 1. The molecule has 0 atom stereocenters. The lowest BCUT2D eigenvalue weighted by atomic mass is 10.1. The van der Waals surface area contributed by atoms with E-state index in [0.717, 1.165) is 5.69 Å². The minimum absolute atomic E-state index is 0.235. The number of guanidine groups is 1. The van der Waals surface area contributed by atoms with Gasteiger partial charge in [0.1, 0.15) is 17.3 Å². The van der Waals surface area contributed by atoms with Gasteiger partial charge in [0.15, 0.2) is 5.96 Å². The molecule has 0 unspecified atom stereocenters. The van der Waals surface area contributed by atoms with Crippen LogP contribution in [0.1, 0.15) is 19.5 Å². The Balaban J connectivity index is 2.06. The van der Waals surface area contributed by atoms with Crippen LogP contribution in [0.4, 0.5) is 17.1 Å². The lowest BCUT2D eigenvalue weighted by Gasteiger charge is -2.18. The fourth-order valence-electron chi connectivity index (χ4n) is 3.20. The molecule has 0 aliphatic carbocycles. The number of H-pyrrole nitrogens is 1. The van der Waals surface area contributed by atoms with E-state index in [-0.39, 0.29) is 11.5 Å².